The average Bonchev–Trinajstić information content (AvgIpc) is 2.49. The average molecular weight is 208 g/mol. The summed E-state index contributed by atoms with van der Waals surface area (Å²) in [5, 5.41) is 0. The number of carbonyl (C=O) groups is 2. The zero-order chi connectivity index (χ0) is 11.4. The highest BCUT2D eigenvalue weighted by Gasteiger charge is 2.36. The summed E-state index contributed by atoms with van der Waals surface area (Å²) >= 11 is 0. The molecule has 1 unspecified atom stereocenters. The lowest BCUT2D eigenvalue weighted by Gasteiger charge is -2.10. The number of esters is 1. The van der Waals surface area contributed by atoms with E-state index in [1.165, 1.54) is 7.11 Å². The molecule has 0 heterocycles. The third-order valence-corrected chi connectivity index (χ3v) is 2.67. The van der Waals surface area contributed by atoms with Crippen molar-refractivity contribution in [3.8, 4) is 0 Å². The van der Waals surface area contributed by atoms with Crippen LogP contribution in [0.2, 0.25) is 0 Å². The minimum atomic E-state index is -0.661. The van der Waals surface area contributed by atoms with Gasteiger partial charge in [0.25, 0.3) is 0 Å². The third kappa shape index (κ3) is 2.35. The fraction of sp³-hybridized carbons (Fsp3) is 0.500. The highest BCUT2D eigenvalue weighted by atomic mass is 16.5. The van der Waals surface area contributed by atoms with Gasteiger partial charge in [0.05, 0.1) is 7.11 Å². The van der Waals surface area contributed by atoms with E-state index < -0.39 is 11.9 Å². The van der Waals surface area contributed by atoms with E-state index in [0.717, 1.165) is 11.1 Å². The van der Waals surface area contributed by atoms with Gasteiger partial charge in [-0.25, -0.2) is 0 Å². The fourth-order valence-electron chi connectivity index (χ4n) is 1.85. The van der Waals surface area contributed by atoms with Crippen molar-refractivity contribution in [2.75, 3.05) is 7.11 Å². The summed E-state index contributed by atoms with van der Waals surface area (Å²) in [6.45, 7) is 3.82. The number of allylic oxidation sites excluding steroid dienone is 3. The Balaban J connectivity index is 2.92. The Morgan fingerprint density at radius 3 is 2.80 bits per heavy atom. The second kappa shape index (κ2) is 4.91. The fourth-order valence-corrected chi connectivity index (χ4v) is 1.85. The summed E-state index contributed by atoms with van der Waals surface area (Å²) < 4.78 is 4.65. The Kier molecular flexibility index (Phi) is 3.83. The maximum atomic E-state index is 11.6. The first-order valence-corrected chi connectivity index (χ1v) is 5.02. The van der Waals surface area contributed by atoms with Gasteiger partial charge in [-0.05, 0) is 25.8 Å². The van der Waals surface area contributed by atoms with Gasteiger partial charge in [-0.2, -0.15) is 0 Å². The molecule has 0 amide bonds. The van der Waals surface area contributed by atoms with E-state index in [2.05, 4.69) is 4.74 Å². The molecule has 1 rings (SSSR count). The maximum Gasteiger partial charge on any atom is 0.320 e. The minimum Gasteiger partial charge on any atom is -0.468 e. The van der Waals surface area contributed by atoms with Crippen LogP contribution in [0.4, 0.5) is 0 Å². The number of hydrogen-bond donors (Lipinski definition) is 0. The number of hydrogen-bond acceptors (Lipinski definition) is 3. The van der Waals surface area contributed by atoms with Gasteiger partial charge in [0, 0.05) is 6.42 Å². The molecule has 0 spiro atoms. The summed E-state index contributed by atoms with van der Waals surface area (Å²) in [5.74, 6) is -1.14. The molecule has 0 aromatic carbocycles. The number of Topliss-reactive ketones (excluding diaryl/α,β-unsaturated/α-hetero) is 1. The molecule has 0 saturated carbocycles. The van der Waals surface area contributed by atoms with Crippen LogP contribution < -0.4 is 0 Å². The summed E-state index contributed by atoms with van der Waals surface area (Å²) in [5.41, 5.74) is 1.92. The Morgan fingerprint density at radius 2 is 2.27 bits per heavy atom. The van der Waals surface area contributed by atoms with Gasteiger partial charge in [-0.1, -0.05) is 17.7 Å². The van der Waals surface area contributed by atoms with E-state index in [1.807, 2.05) is 26.0 Å². The predicted octanol–water partition coefficient (Wildman–Crippen LogP) is 2.03. The van der Waals surface area contributed by atoms with Crippen LogP contribution in [0.15, 0.2) is 23.3 Å². The van der Waals surface area contributed by atoms with E-state index in [0.29, 0.717) is 12.8 Å². The molecule has 0 aliphatic heterocycles. The largest absolute Gasteiger partial charge is 0.468 e. The number of ketones is 1. The minimum absolute atomic E-state index is 0.0427. The SMILES string of the molecule is C/C=C/CC1=C(C)CC(=O)C1C(=O)OC. The van der Waals surface area contributed by atoms with Crippen LogP contribution in [0.1, 0.15) is 26.7 Å². The number of ether oxygens (including phenoxy) is 1. The number of methoxy groups -OCH3 is 1. The lowest BCUT2D eigenvalue weighted by Crippen LogP contribution is -2.22. The molecule has 0 fully saturated rings. The van der Waals surface area contributed by atoms with Crippen molar-refractivity contribution in [2.24, 2.45) is 5.92 Å². The number of rotatable bonds is 3. The van der Waals surface area contributed by atoms with E-state index >= 15 is 0 Å². The van der Waals surface area contributed by atoms with Crippen molar-refractivity contribution < 1.29 is 14.3 Å². The van der Waals surface area contributed by atoms with Crippen LogP contribution >= 0.6 is 0 Å². The van der Waals surface area contributed by atoms with Gasteiger partial charge < -0.3 is 4.74 Å². The first kappa shape index (κ1) is 11.7. The Hall–Kier alpha value is -1.38. The maximum absolute atomic E-state index is 11.6. The van der Waals surface area contributed by atoms with Crippen LogP contribution in [-0.4, -0.2) is 18.9 Å². The van der Waals surface area contributed by atoms with Crippen molar-refractivity contribution in [3.05, 3.63) is 23.3 Å². The molecule has 0 saturated heterocycles. The van der Waals surface area contributed by atoms with Gasteiger partial charge in [-0.15, -0.1) is 0 Å². The molecule has 3 nitrogen and oxygen atoms in total. The molecule has 1 aliphatic rings. The summed E-state index contributed by atoms with van der Waals surface area (Å²) in [6, 6.07) is 0. The van der Waals surface area contributed by atoms with E-state index in [-0.39, 0.29) is 5.78 Å². The van der Waals surface area contributed by atoms with Gasteiger partial charge in [0.15, 0.2) is 5.78 Å². The zero-order valence-electron chi connectivity index (χ0n) is 9.37. The summed E-state index contributed by atoms with van der Waals surface area (Å²) in [7, 11) is 1.32. The molecule has 0 N–H and O–H groups in total. The van der Waals surface area contributed by atoms with E-state index in [9.17, 15) is 9.59 Å². The topological polar surface area (TPSA) is 43.4 Å². The monoisotopic (exact) mass is 208 g/mol. The molecular weight excluding hydrogens is 192 g/mol. The van der Waals surface area contributed by atoms with E-state index in [1.54, 1.807) is 0 Å². The highest BCUT2D eigenvalue weighted by Crippen LogP contribution is 2.32. The Bertz CT molecular complexity index is 337. The molecule has 0 aromatic heterocycles. The van der Waals surface area contributed by atoms with Crippen LogP contribution in [0.3, 0.4) is 0 Å². The van der Waals surface area contributed by atoms with Crippen LogP contribution in [0, 0.1) is 5.92 Å². The Labute approximate surface area is 89.8 Å². The van der Waals surface area contributed by atoms with Gasteiger partial charge in [-0.3, -0.25) is 9.59 Å². The second-order valence-corrected chi connectivity index (χ2v) is 3.68. The van der Waals surface area contributed by atoms with Crippen LogP contribution in [-0.2, 0) is 14.3 Å². The second-order valence-electron chi connectivity index (χ2n) is 3.68. The lowest BCUT2D eigenvalue weighted by molar-refractivity contribution is -0.147. The van der Waals surface area contributed by atoms with Crippen molar-refractivity contribution in [1.29, 1.82) is 0 Å². The van der Waals surface area contributed by atoms with Crippen molar-refractivity contribution >= 4 is 11.8 Å². The third-order valence-electron chi connectivity index (χ3n) is 2.67. The zero-order valence-corrected chi connectivity index (χ0v) is 9.37. The van der Waals surface area contributed by atoms with Gasteiger partial charge >= 0.3 is 5.97 Å². The molecule has 0 aromatic rings. The molecular formula is C12H16O3. The molecule has 82 valence electrons. The molecule has 1 aliphatic carbocycles. The summed E-state index contributed by atoms with van der Waals surface area (Å²) in [4.78, 5) is 23.0. The standard InChI is InChI=1S/C12H16O3/c1-4-5-6-9-8(2)7-10(13)11(9)12(14)15-3/h4-5,11H,6-7H2,1-3H3/b5-4+. The molecule has 0 radical (unpaired) electrons. The van der Waals surface area contributed by atoms with Crippen molar-refractivity contribution in [1.82, 2.24) is 0 Å². The first-order valence-electron chi connectivity index (χ1n) is 5.02. The predicted molar refractivity (Wildman–Crippen MR) is 57.3 cm³/mol. The molecule has 1 atom stereocenters. The van der Waals surface area contributed by atoms with E-state index in [4.69, 9.17) is 0 Å². The van der Waals surface area contributed by atoms with Gasteiger partial charge in [0.1, 0.15) is 5.92 Å². The molecule has 0 bridgehead atoms. The van der Waals surface area contributed by atoms with Crippen molar-refractivity contribution in [3.63, 3.8) is 0 Å². The first-order chi connectivity index (χ1) is 7.11. The number of carbonyl (C=O) groups excluding carboxylic acids is 2. The normalized spacial score (nSPS) is 21.5. The van der Waals surface area contributed by atoms with Crippen molar-refractivity contribution in [2.45, 2.75) is 26.7 Å². The van der Waals surface area contributed by atoms with Crippen LogP contribution in [0.5, 0.6) is 0 Å². The molecule has 3 heteroatoms. The quantitative estimate of drug-likeness (QED) is 0.405. The van der Waals surface area contributed by atoms with Gasteiger partial charge in [0.2, 0.25) is 0 Å². The highest BCUT2D eigenvalue weighted by molar-refractivity contribution is 6.05. The smallest absolute Gasteiger partial charge is 0.320 e. The summed E-state index contributed by atoms with van der Waals surface area (Å²) in [6.07, 6.45) is 4.91. The molecule has 15 heavy (non-hydrogen) atoms. The lowest BCUT2D eigenvalue weighted by atomic mass is 9.97. The van der Waals surface area contributed by atoms with Crippen LogP contribution in [0.25, 0.3) is 0 Å². The Morgan fingerprint density at radius 1 is 1.60 bits per heavy atom.